The summed E-state index contributed by atoms with van der Waals surface area (Å²) in [7, 11) is 0. The second kappa shape index (κ2) is 5.49. The Balaban J connectivity index is 2.40. The van der Waals surface area contributed by atoms with Crippen LogP contribution in [0.2, 0.25) is 0 Å². The highest BCUT2D eigenvalue weighted by Crippen LogP contribution is 2.28. The predicted octanol–water partition coefficient (Wildman–Crippen LogP) is -0.672. The molecule has 1 aliphatic heterocycles. The summed E-state index contributed by atoms with van der Waals surface area (Å²) in [6, 6.07) is 0. The van der Waals surface area contributed by atoms with E-state index in [9.17, 15) is 9.90 Å². The van der Waals surface area contributed by atoms with Crippen LogP contribution in [0.5, 0.6) is 0 Å². The number of ether oxygens (including phenoxy) is 1. The van der Waals surface area contributed by atoms with Gasteiger partial charge in [0.05, 0.1) is 12.7 Å². The summed E-state index contributed by atoms with van der Waals surface area (Å²) in [5.74, 6) is -0.0255. The molecule has 2 rings (SSSR count). The molecule has 1 saturated heterocycles. The standard InChI is InChI=1S/C11H15N3O5/c1-2-6-4-14(11(17)12-9(6)13-18)10-8(16)3-7(5-15)19-10/h2,4,7-8,10,15-16,18H,1,3,5H2,(H,12,13,17)/t7-,8?,10+/m0/s1. The highest BCUT2D eigenvalue weighted by molar-refractivity contribution is 5.59. The molecule has 0 bridgehead atoms. The van der Waals surface area contributed by atoms with Crippen molar-refractivity contribution in [3.05, 3.63) is 28.8 Å². The summed E-state index contributed by atoms with van der Waals surface area (Å²) < 4.78 is 6.48. The van der Waals surface area contributed by atoms with E-state index in [1.165, 1.54) is 12.3 Å². The zero-order valence-electron chi connectivity index (χ0n) is 10.1. The SMILES string of the molecule is C=Cc1cn([C@@H]2O[C@H](CO)CC2O)c(=O)nc1NO. The monoisotopic (exact) mass is 269 g/mol. The number of nitrogens with zero attached hydrogens (tertiary/aromatic N) is 2. The first-order valence-corrected chi connectivity index (χ1v) is 5.70. The maximum absolute atomic E-state index is 11.8. The lowest BCUT2D eigenvalue weighted by atomic mass is 10.2. The zero-order valence-corrected chi connectivity index (χ0v) is 10.1. The van der Waals surface area contributed by atoms with E-state index >= 15 is 0 Å². The highest BCUT2D eigenvalue weighted by Gasteiger charge is 2.35. The Morgan fingerprint density at radius 3 is 2.95 bits per heavy atom. The third kappa shape index (κ3) is 2.51. The number of anilines is 1. The average molecular weight is 269 g/mol. The van der Waals surface area contributed by atoms with Gasteiger partial charge in [-0.2, -0.15) is 4.98 Å². The van der Waals surface area contributed by atoms with Crippen molar-refractivity contribution in [1.29, 1.82) is 0 Å². The van der Waals surface area contributed by atoms with Crippen molar-refractivity contribution in [2.24, 2.45) is 0 Å². The molecule has 1 aliphatic rings. The molecule has 19 heavy (non-hydrogen) atoms. The topological polar surface area (TPSA) is 117 Å². The zero-order chi connectivity index (χ0) is 14.0. The van der Waals surface area contributed by atoms with Gasteiger partial charge < -0.3 is 14.9 Å². The normalized spacial score (nSPS) is 26.4. The molecule has 0 saturated carbocycles. The molecule has 1 aromatic rings. The first-order chi connectivity index (χ1) is 9.10. The van der Waals surface area contributed by atoms with E-state index in [0.717, 1.165) is 4.57 Å². The fourth-order valence-electron chi connectivity index (χ4n) is 2.00. The number of aliphatic hydroxyl groups excluding tert-OH is 2. The van der Waals surface area contributed by atoms with Gasteiger partial charge in [-0.3, -0.25) is 15.3 Å². The summed E-state index contributed by atoms with van der Waals surface area (Å²) in [5, 5.41) is 27.7. The molecule has 8 nitrogen and oxygen atoms in total. The van der Waals surface area contributed by atoms with E-state index < -0.39 is 24.1 Å². The second-order valence-corrected chi connectivity index (χ2v) is 4.18. The van der Waals surface area contributed by atoms with Crippen molar-refractivity contribution < 1.29 is 20.2 Å². The average Bonchev–Trinajstić information content (AvgIpc) is 2.79. The molecule has 0 aromatic carbocycles. The van der Waals surface area contributed by atoms with Gasteiger partial charge in [0.25, 0.3) is 0 Å². The molecule has 1 unspecified atom stereocenters. The molecule has 0 amide bonds. The van der Waals surface area contributed by atoms with Crippen molar-refractivity contribution in [2.75, 3.05) is 12.1 Å². The van der Waals surface area contributed by atoms with E-state index in [1.807, 2.05) is 0 Å². The lowest BCUT2D eigenvalue weighted by molar-refractivity contribution is -0.0530. The van der Waals surface area contributed by atoms with Gasteiger partial charge in [0.15, 0.2) is 12.0 Å². The van der Waals surface area contributed by atoms with Crippen LogP contribution in [0, 0.1) is 0 Å². The van der Waals surface area contributed by atoms with Crippen molar-refractivity contribution in [3.8, 4) is 0 Å². The fraction of sp³-hybridized carbons (Fsp3) is 0.455. The Labute approximate surface area is 108 Å². The molecular weight excluding hydrogens is 254 g/mol. The molecule has 1 aromatic heterocycles. The van der Waals surface area contributed by atoms with Gasteiger partial charge in [-0.1, -0.05) is 12.7 Å². The summed E-state index contributed by atoms with van der Waals surface area (Å²) in [6.07, 6.45) is 0.651. The van der Waals surface area contributed by atoms with Crippen LogP contribution in [0.1, 0.15) is 18.2 Å². The Hall–Kier alpha value is -1.74. The Morgan fingerprint density at radius 1 is 1.68 bits per heavy atom. The van der Waals surface area contributed by atoms with Crippen LogP contribution in [-0.4, -0.2) is 43.8 Å². The maximum Gasteiger partial charge on any atom is 0.351 e. The molecule has 0 aliphatic carbocycles. The third-order valence-corrected chi connectivity index (χ3v) is 2.95. The second-order valence-electron chi connectivity index (χ2n) is 4.18. The molecule has 0 spiro atoms. The third-order valence-electron chi connectivity index (χ3n) is 2.95. The Bertz CT molecular complexity index is 530. The molecule has 1 fully saturated rings. The van der Waals surface area contributed by atoms with Crippen LogP contribution in [-0.2, 0) is 4.74 Å². The molecule has 104 valence electrons. The summed E-state index contributed by atoms with van der Waals surface area (Å²) in [5.41, 5.74) is 1.49. The highest BCUT2D eigenvalue weighted by atomic mass is 16.5. The minimum absolute atomic E-state index is 0.0255. The van der Waals surface area contributed by atoms with Crippen LogP contribution in [0.15, 0.2) is 17.6 Å². The number of hydrogen-bond donors (Lipinski definition) is 4. The summed E-state index contributed by atoms with van der Waals surface area (Å²) in [6.45, 7) is 3.30. The van der Waals surface area contributed by atoms with Gasteiger partial charge in [0.2, 0.25) is 0 Å². The van der Waals surface area contributed by atoms with Crippen LogP contribution < -0.4 is 11.2 Å². The van der Waals surface area contributed by atoms with E-state index in [2.05, 4.69) is 11.6 Å². The lowest BCUT2D eigenvalue weighted by Gasteiger charge is -2.18. The van der Waals surface area contributed by atoms with E-state index in [1.54, 1.807) is 5.48 Å². The summed E-state index contributed by atoms with van der Waals surface area (Å²) in [4.78, 5) is 15.4. The van der Waals surface area contributed by atoms with Gasteiger partial charge >= 0.3 is 5.69 Å². The number of aliphatic hydroxyl groups is 2. The number of hydrogen-bond acceptors (Lipinski definition) is 7. The molecule has 3 atom stereocenters. The van der Waals surface area contributed by atoms with Gasteiger partial charge in [0, 0.05) is 18.2 Å². The molecule has 2 heterocycles. The van der Waals surface area contributed by atoms with Crippen molar-refractivity contribution >= 4 is 11.9 Å². The Kier molecular flexibility index (Phi) is 3.96. The first-order valence-electron chi connectivity index (χ1n) is 5.70. The van der Waals surface area contributed by atoms with Crippen molar-refractivity contribution in [3.63, 3.8) is 0 Å². The van der Waals surface area contributed by atoms with Gasteiger partial charge in [-0.25, -0.2) is 4.79 Å². The van der Waals surface area contributed by atoms with Crippen molar-refractivity contribution in [1.82, 2.24) is 9.55 Å². The number of rotatable bonds is 4. The van der Waals surface area contributed by atoms with Crippen LogP contribution in [0.4, 0.5) is 5.82 Å². The first kappa shape index (κ1) is 13.7. The number of nitrogens with one attached hydrogen (secondary N) is 1. The largest absolute Gasteiger partial charge is 0.394 e. The van der Waals surface area contributed by atoms with Crippen LogP contribution in [0.25, 0.3) is 6.08 Å². The van der Waals surface area contributed by atoms with Gasteiger partial charge in [0.1, 0.15) is 6.10 Å². The number of aromatic nitrogens is 2. The minimum atomic E-state index is -0.915. The molecule has 8 heteroatoms. The quantitative estimate of drug-likeness (QED) is 0.535. The van der Waals surface area contributed by atoms with Crippen molar-refractivity contribution in [2.45, 2.75) is 24.9 Å². The van der Waals surface area contributed by atoms with Gasteiger partial charge in [-0.05, 0) is 0 Å². The van der Waals surface area contributed by atoms with E-state index in [-0.39, 0.29) is 18.8 Å². The minimum Gasteiger partial charge on any atom is -0.394 e. The lowest BCUT2D eigenvalue weighted by Crippen LogP contribution is -2.32. The predicted molar refractivity (Wildman–Crippen MR) is 65.6 cm³/mol. The Morgan fingerprint density at radius 2 is 2.42 bits per heavy atom. The summed E-state index contributed by atoms with van der Waals surface area (Å²) >= 11 is 0. The molecule has 0 radical (unpaired) electrons. The molecule has 4 N–H and O–H groups in total. The van der Waals surface area contributed by atoms with Gasteiger partial charge in [-0.15, -0.1) is 0 Å². The van der Waals surface area contributed by atoms with E-state index in [4.69, 9.17) is 15.1 Å². The smallest absolute Gasteiger partial charge is 0.351 e. The van der Waals surface area contributed by atoms with Crippen LogP contribution in [0.3, 0.4) is 0 Å². The molecular formula is C11H15N3O5. The van der Waals surface area contributed by atoms with E-state index in [0.29, 0.717) is 5.56 Å². The fourth-order valence-corrected chi connectivity index (χ4v) is 2.00. The maximum atomic E-state index is 11.8. The van der Waals surface area contributed by atoms with Crippen LogP contribution >= 0.6 is 0 Å².